The van der Waals surface area contributed by atoms with Crippen molar-refractivity contribution in [1.82, 2.24) is 9.13 Å². The number of methoxy groups -OCH3 is 1. The van der Waals surface area contributed by atoms with Crippen LogP contribution in [-0.4, -0.2) is 22.2 Å². The van der Waals surface area contributed by atoms with E-state index in [0.717, 1.165) is 10.1 Å². The van der Waals surface area contributed by atoms with E-state index in [1.54, 1.807) is 31.4 Å². The van der Waals surface area contributed by atoms with E-state index < -0.39 is 17.2 Å². The number of carbonyl (C=O) groups excluding carboxylic acids is 1. The Labute approximate surface area is 155 Å². The van der Waals surface area contributed by atoms with Crippen LogP contribution in [0.4, 0.5) is 5.69 Å². The number of rotatable bonds is 6. The fraction of sp³-hybridized carbons (Fsp3) is 0.150. The zero-order chi connectivity index (χ0) is 19.2. The lowest BCUT2D eigenvalue weighted by Gasteiger charge is -2.10. The van der Waals surface area contributed by atoms with Crippen LogP contribution in [0.15, 0.2) is 76.4 Å². The van der Waals surface area contributed by atoms with Crippen molar-refractivity contribution in [2.75, 3.05) is 12.4 Å². The first kappa shape index (κ1) is 18.2. The summed E-state index contributed by atoms with van der Waals surface area (Å²) in [5.41, 5.74) is 0.423. The van der Waals surface area contributed by atoms with Crippen LogP contribution in [0.2, 0.25) is 0 Å². The van der Waals surface area contributed by atoms with Crippen LogP contribution in [0.25, 0.3) is 0 Å². The second-order valence-electron chi connectivity index (χ2n) is 5.91. The average Bonchev–Trinajstić information content (AvgIpc) is 2.69. The molecule has 0 bridgehead atoms. The normalized spacial score (nSPS) is 10.4. The fourth-order valence-electron chi connectivity index (χ4n) is 2.62. The van der Waals surface area contributed by atoms with E-state index in [1.807, 2.05) is 30.3 Å². The third kappa shape index (κ3) is 4.52. The van der Waals surface area contributed by atoms with Crippen molar-refractivity contribution in [1.29, 1.82) is 0 Å². The van der Waals surface area contributed by atoms with Gasteiger partial charge in [0.05, 0.1) is 13.7 Å². The number of ether oxygens (including phenoxy) is 1. The fourth-order valence-corrected chi connectivity index (χ4v) is 2.62. The Hall–Kier alpha value is -3.61. The number of nitrogens with one attached hydrogen (secondary N) is 1. The van der Waals surface area contributed by atoms with Gasteiger partial charge in [-0.15, -0.1) is 0 Å². The second-order valence-corrected chi connectivity index (χ2v) is 5.91. The average molecular weight is 365 g/mol. The van der Waals surface area contributed by atoms with Crippen LogP contribution in [0.1, 0.15) is 5.56 Å². The Morgan fingerprint density at radius 1 is 1.00 bits per heavy atom. The molecule has 1 heterocycles. The van der Waals surface area contributed by atoms with Gasteiger partial charge >= 0.3 is 5.69 Å². The van der Waals surface area contributed by atoms with Gasteiger partial charge in [0.25, 0.3) is 5.56 Å². The smallest absolute Gasteiger partial charge is 0.331 e. The molecule has 1 N–H and O–H groups in total. The molecule has 2 aromatic carbocycles. The number of aromatic nitrogens is 2. The lowest BCUT2D eigenvalue weighted by molar-refractivity contribution is -0.116. The van der Waals surface area contributed by atoms with E-state index in [4.69, 9.17) is 4.74 Å². The molecule has 0 atom stereocenters. The molecular weight excluding hydrogens is 346 g/mol. The zero-order valence-electron chi connectivity index (χ0n) is 14.8. The van der Waals surface area contributed by atoms with Gasteiger partial charge in [-0.25, -0.2) is 4.79 Å². The summed E-state index contributed by atoms with van der Waals surface area (Å²) in [7, 11) is 1.55. The van der Waals surface area contributed by atoms with E-state index in [1.165, 1.54) is 16.8 Å². The Bertz CT molecular complexity index is 1040. The Morgan fingerprint density at radius 2 is 1.70 bits per heavy atom. The molecule has 138 valence electrons. The lowest BCUT2D eigenvalue weighted by atomic mass is 10.2. The van der Waals surface area contributed by atoms with Crippen molar-refractivity contribution >= 4 is 11.6 Å². The monoisotopic (exact) mass is 365 g/mol. The zero-order valence-corrected chi connectivity index (χ0v) is 14.8. The molecule has 0 unspecified atom stereocenters. The molecule has 1 aromatic heterocycles. The molecule has 0 spiro atoms. The van der Waals surface area contributed by atoms with Crippen LogP contribution < -0.4 is 21.3 Å². The summed E-state index contributed by atoms with van der Waals surface area (Å²) in [6.07, 6.45) is 1.44. The molecule has 0 saturated heterocycles. The highest BCUT2D eigenvalue weighted by Gasteiger charge is 2.11. The van der Waals surface area contributed by atoms with E-state index in [-0.39, 0.29) is 6.54 Å². The first-order valence-electron chi connectivity index (χ1n) is 8.35. The lowest BCUT2D eigenvalue weighted by Crippen LogP contribution is -2.41. The molecule has 7 nitrogen and oxygen atoms in total. The van der Waals surface area contributed by atoms with E-state index >= 15 is 0 Å². The van der Waals surface area contributed by atoms with Crippen LogP contribution in [-0.2, 0) is 17.9 Å². The molecule has 27 heavy (non-hydrogen) atoms. The number of benzene rings is 2. The van der Waals surface area contributed by atoms with E-state index in [2.05, 4.69) is 5.32 Å². The summed E-state index contributed by atoms with van der Waals surface area (Å²) < 4.78 is 7.38. The minimum Gasteiger partial charge on any atom is -0.497 e. The SMILES string of the molecule is COc1ccc(NC(=O)Cn2c(=O)ccn(Cc3ccccc3)c2=O)cc1. The molecule has 3 rings (SSSR count). The predicted octanol–water partition coefficient (Wildman–Crippen LogP) is 1.71. The van der Waals surface area contributed by atoms with Crippen LogP contribution >= 0.6 is 0 Å². The summed E-state index contributed by atoms with van der Waals surface area (Å²) in [5, 5.41) is 2.66. The van der Waals surface area contributed by atoms with Gasteiger partial charge in [-0.3, -0.25) is 18.7 Å². The standard InChI is InChI=1S/C20H19N3O4/c1-27-17-9-7-16(8-10-17)21-18(24)14-23-19(25)11-12-22(20(23)26)13-15-5-3-2-4-6-15/h2-12H,13-14H2,1H3,(H,21,24). The summed E-state index contributed by atoms with van der Waals surface area (Å²) in [6, 6.07) is 17.5. The molecule has 0 aliphatic carbocycles. The van der Waals surface area contributed by atoms with Crippen LogP contribution in [0.5, 0.6) is 5.75 Å². The third-order valence-electron chi connectivity index (χ3n) is 4.01. The maximum absolute atomic E-state index is 12.6. The highest BCUT2D eigenvalue weighted by Crippen LogP contribution is 2.14. The predicted molar refractivity (Wildman–Crippen MR) is 102 cm³/mol. The number of anilines is 1. The molecule has 3 aromatic rings. The first-order chi connectivity index (χ1) is 13.1. The van der Waals surface area contributed by atoms with Gasteiger partial charge in [0.2, 0.25) is 5.91 Å². The second kappa shape index (κ2) is 8.18. The van der Waals surface area contributed by atoms with Gasteiger partial charge in [-0.1, -0.05) is 30.3 Å². The van der Waals surface area contributed by atoms with Crippen LogP contribution in [0.3, 0.4) is 0 Å². The summed E-state index contributed by atoms with van der Waals surface area (Å²) in [4.78, 5) is 36.9. The summed E-state index contributed by atoms with van der Waals surface area (Å²) in [5.74, 6) is 0.202. The number of amides is 1. The first-order valence-corrected chi connectivity index (χ1v) is 8.35. The largest absolute Gasteiger partial charge is 0.497 e. The Kier molecular flexibility index (Phi) is 5.51. The molecule has 0 fully saturated rings. The summed E-state index contributed by atoms with van der Waals surface area (Å²) >= 11 is 0. The minimum absolute atomic E-state index is 0.319. The number of nitrogens with zero attached hydrogens (tertiary/aromatic N) is 2. The van der Waals surface area contributed by atoms with Crippen molar-refractivity contribution in [3.63, 3.8) is 0 Å². The molecular formula is C20H19N3O4. The molecule has 0 aliphatic rings. The highest BCUT2D eigenvalue weighted by atomic mass is 16.5. The van der Waals surface area contributed by atoms with Gasteiger partial charge in [-0.05, 0) is 29.8 Å². The van der Waals surface area contributed by atoms with Gasteiger partial charge in [0.1, 0.15) is 12.3 Å². The van der Waals surface area contributed by atoms with Gasteiger partial charge < -0.3 is 10.1 Å². The summed E-state index contributed by atoms with van der Waals surface area (Å²) in [6.45, 7) is -0.0423. The molecule has 7 heteroatoms. The van der Waals surface area contributed by atoms with Crippen molar-refractivity contribution in [2.45, 2.75) is 13.1 Å². The van der Waals surface area contributed by atoms with Gasteiger partial charge in [-0.2, -0.15) is 0 Å². The highest BCUT2D eigenvalue weighted by molar-refractivity contribution is 5.90. The molecule has 0 aliphatic heterocycles. The maximum Gasteiger partial charge on any atom is 0.331 e. The van der Waals surface area contributed by atoms with E-state index in [0.29, 0.717) is 18.0 Å². The third-order valence-corrected chi connectivity index (χ3v) is 4.01. The number of hydrogen-bond donors (Lipinski definition) is 1. The number of carbonyl (C=O) groups is 1. The van der Waals surface area contributed by atoms with Crippen molar-refractivity contribution < 1.29 is 9.53 Å². The topological polar surface area (TPSA) is 82.3 Å². The quantitative estimate of drug-likeness (QED) is 0.721. The van der Waals surface area contributed by atoms with Gasteiger partial charge in [0.15, 0.2) is 0 Å². The van der Waals surface area contributed by atoms with Crippen molar-refractivity contribution in [2.24, 2.45) is 0 Å². The van der Waals surface area contributed by atoms with Gasteiger partial charge in [0, 0.05) is 18.0 Å². The van der Waals surface area contributed by atoms with E-state index in [9.17, 15) is 14.4 Å². The Balaban J connectivity index is 1.77. The molecule has 0 saturated carbocycles. The minimum atomic E-state index is -0.531. The number of hydrogen-bond acceptors (Lipinski definition) is 4. The Morgan fingerprint density at radius 3 is 2.37 bits per heavy atom. The molecule has 1 amide bonds. The maximum atomic E-state index is 12.6. The van der Waals surface area contributed by atoms with Crippen LogP contribution in [0, 0.1) is 0 Å². The molecule has 0 radical (unpaired) electrons. The van der Waals surface area contributed by atoms with Crippen molar-refractivity contribution in [3.05, 3.63) is 93.3 Å². The van der Waals surface area contributed by atoms with Crippen molar-refractivity contribution in [3.8, 4) is 5.75 Å².